The van der Waals surface area contributed by atoms with Gasteiger partial charge in [-0.05, 0) is 55.3 Å². The Kier molecular flexibility index (Phi) is 6.80. The van der Waals surface area contributed by atoms with Crippen LogP contribution in [0, 0.1) is 12.8 Å². The molecule has 0 unspecified atom stereocenters. The molecule has 0 atom stereocenters. The van der Waals surface area contributed by atoms with Crippen LogP contribution in [-0.2, 0) is 6.54 Å². The predicted molar refractivity (Wildman–Crippen MR) is 90.4 cm³/mol. The Morgan fingerprint density at radius 3 is 2.60 bits per heavy atom. The number of nitrogens with one attached hydrogen (secondary N) is 1. The third-order valence-electron chi connectivity index (χ3n) is 2.97. The zero-order chi connectivity index (χ0) is 13.8. The number of benzene rings is 1. The first-order valence-electron chi connectivity index (χ1n) is 6.62. The molecule has 0 fully saturated rings. The lowest BCUT2D eigenvalue weighted by Gasteiger charge is -2.05. The Hall–Kier alpha value is -0.770. The molecule has 0 saturated heterocycles. The Labute approximate surface area is 135 Å². The molecule has 2 aromatic rings. The van der Waals surface area contributed by atoms with E-state index in [9.17, 15) is 0 Å². The van der Waals surface area contributed by atoms with Crippen LogP contribution in [0.2, 0.25) is 0 Å². The first kappa shape index (κ1) is 17.3. The van der Waals surface area contributed by atoms with Crippen molar-refractivity contribution in [2.45, 2.75) is 27.3 Å². The van der Waals surface area contributed by atoms with E-state index < -0.39 is 0 Å². The topological polar surface area (TPSA) is 25.2 Å². The summed E-state index contributed by atoms with van der Waals surface area (Å²) in [5.41, 5.74) is 2.36. The smallest absolute Gasteiger partial charge is 0.134 e. The number of furan rings is 1. The third-order valence-corrected chi connectivity index (χ3v) is 3.46. The highest BCUT2D eigenvalue weighted by Crippen LogP contribution is 2.27. The molecule has 0 aliphatic rings. The van der Waals surface area contributed by atoms with Gasteiger partial charge in [0.25, 0.3) is 0 Å². The van der Waals surface area contributed by atoms with Crippen molar-refractivity contribution in [2.75, 3.05) is 6.54 Å². The predicted octanol–water partition coefficient (Wildman–Crippen LogP) is 5.18. The van der Waals surface area contributed by atoms with Crippen molar-refractivity contribution < 1.29 is 4.42 Å². The van der Waals surface area contributed by atoms with Crippen LogP contribution in [0.15, 0.2) is 39.2 Å². The average molecular weight is 359 g/mol. The first-order valence-corrected chi connectivity index (χ1v) is 7.41. The zero-order valence-corrected chi connectivity index (χ0v) is 14.5. The second-order valence-electron chi connectivity index (χ2n) is 5.25. The van der Waals surface area contributed by atoms with Gasteiger partial charge in [-0.15, -0.1) is 12.4 Å². The van der Waals surface area contributed by atoms with Crippen molar-refractivity contribution in [3.05, 3.63) is 46.1 Å². The SMILES string of the molecule is Cc1cc(Br)ccc1-c1ccc(CNCC(C)C)o1.Cl. The van der Waals surface area contributed by atoms with E-state index in [0.29, 0.717) is 5.92 Å². The Balaban J connectivity index is 0.00000200. The molecule has 1 aromatic heterocycles. The molecule has 2 nitrogen and oxygen atoms in total. The molecule has 2 rings (SSSR count). The van der Waals surface area contributed by atoms with Crippen LogP contribution < -0.4 is 5.32 Å². The first-order chi connectivity index (χ1) is 9.06. The number of hydrogen-bond acceptors (Lipinski definition) is 2. The maximum atomic E-state index is 5.89. The summed E-state index contributed by atoms with van der Waals surface area (Å²) in [5, 5.41) is 3.39. The summed E-state index contributed by atoms with van der Waals surface area (Å²) >= 11 is 3.48. The lowest BCUT2D eigenvalue weighted by molar-refractivity contribution is 0.472. The minimum atomic E-state index is 0. The lowest BCUT2D eigenvalue weighted by Crippen LogP contribution is -2.18. The summed E-state index contributed by atoms with van der Waals surface area (Å²) < 4.78 is 6.99. The van der Waals surface area contributed by atoms with E-state index in [4.69, 9.17) is 4.42 Å². The van der Waals surface area contributed by atoms with E-state index in [2.05, 4.69) is 54.2 Å². The minimum Gasteiger partial charge on any atom is -0.460 e. The van der Waals surface area contributed by atoms with Gasteiger partial charge in [0.15, 0.2) is 0 Å². The third kappa shape index (κ3) is 4.65. The second-order valence-corrected chi connectivity index (χ2v) is 6.17. The van der Waals surface area contributed by atoms with Gasteiger partial charge in [-0.25, -0.2) is 0 Å². The Bertz CT molecular complexity index is 551. The monoisotopic (exact) mass is 357 g/mol. The summed E-state index contributed by atoms with van der Waals surface area (Å²) in [4.78, 5) is 0. The fourth-order valence-electron chi connectivity index (χ4n) is 2.01. The van der Waals surface area contributed by atoms with Crippen molar-refractivity contribution in [1.29, 1.82) is 0 Å². The molecule has 1 aromatic carbocycles. The van der Waals surface area contributed by atoms with E-state index >= 15 is 0 Å². The molecule has 0 spiro atoms. The highest BCUT2D eigenvalue weighted by molar-refractivity contribution is 9.10. The van der Waals surface area contributed by atoms with Gasteiger partial charge >= 0.3 is 0 Å². The Morgan fingerprint density at radius 1 is 1.20 bits per heavy atom. The number of aryl methyl sites for hydroxylation is 1. The van der Waals surface area contributed by atoms with Gasteiger partial charge in [-0.2, -0.15) is 0 Å². The van der Waals surface area contributed by atoms with Gasteiger partial charge in [-0.3, -0.25) is 0 Å². The maximum absolute atomic E-state index is 5.89. The van der Waals surface area contributed by atoms with Gasteiger partial charge < -0.3 is 9.73 Å². The van der Waals surface area contributed by atoms with Crippen molar-refractivity contribution in [3.8, 4) is 11.3 Å². The molecule has 0 saturated carbocycles. The molecule has 1 N–H and O–H groups in total. The van der Waals surface area contributed by atoms with Crippen LogP contribution in [0.4, 0.5) is 0 Å². The fraction of sp³-hybridized carbons (Fsp3) is 0.375. The number of hydrogen-bond donors (Lipinski definition) is 1. The maximum Gasteiger partial charge on any atom is 0.134 e. The van der Waals surface area contributed by atoms with Crippen LogP contribution in [0.3, 0.4) is 0 Å². The molecule has 1 heterocycles. The van der Waals surface area contributed by atoms with Crippen molar-refractivity contribution in [1.82, 2.24) is 5.32 Å². The van der Waals surface area contributed by atoms with Crippen LogP contribution in [0.25, 0.3) is 11.3 Å². The van der Waals surface area contributed by atoms with E-state index in [1.165, 1.54) is 5.56 Å². The zero-order valence-electron chi connectivity index (χ0n) is 12.1. The van der Waals surface area contributed by atoms with Crippen LogP contribution >= 0.6 is 28.3 Å². The Morgan fingerprint density at radius 2 is 1.95 bits per heavy atom. The van der Waals surface area contributed by atoms with Crippen LogP contribution in [0.1, 0.15) is 25.2 Å². The largest absolute Gasteiger partial charge is 0.460 e. The average Bonchev–Trinajstić information content (AvgIpc) is 2.77. The molecule has 110 valence electrons. The summed E-state index contributed by atoms with van der Waals surface area (Å²) in [5.74, 6) is 2.58. The van der Waals surface area contributed by atoms with Crippen LogP contribution in [-0.4, -0.2) is 6.54 Å². The minimum absolute atomic E-state index is 0. The number of halogens is 2. The van der Waals surface area contributed by atoms with Gasteiger partial charge in [-0.1, -0.05) is 29.8 Å². The van der Waals surface area contributed by atoms with Gasteiger partial charge in [0.1, 0.15) is 11.5 Å². The lowest BCUT2D eigenvalue weighted by atomic mass is 10.1. The van der Waals surface area contributed by atoms with Gasteiger partial charge in [0.05, 0.1) is 6.54 Å². The summed E-state index contributed by atoms with van der Waals surface area (Å²) in [7, 11) is 0. The molecule has 0 aliphatic heterocycles. The quantitative estimate of drug-likeness (QED) is 0.796. The highest BCUT2D eigenvalue weighted by Gasteiger charge is 2.07. The second kappa shape index (κ2) is 7.87. The molecular weight excluding hydrogens is 338 g/mol. The summed E-state index contributed by atoms with van der Waals surface area (Å²) in [6.45, 7) is 8.29. The summed E-state index contributed by atoms with van der Waals surface area (Å²) in [6.07, 6.45) is 0. The normalized spacial score (nSPS) is 10.7. The number of rotatable bonds is 5. The van der Waals surface area contributed by atoms with E-state index in [1.807, 2.05) is 18.2 Å². The molecular formula is C16H21BrClNO. The van der Waals surface area contributed by atoms with Crippen molar-refractivity contribution in [2.24, 2.45) is 5.92 Å². The molecule has 0 radical (unpaired) electrons. The van der Waals surface area contributed by atoms with Gasteiger partial charge in [0.2, 0.25) is 0 Å². The van der Waals surface area contributed by atoms with Crippen molar-refractivity contribution >= 4 is 28.3 Å². The van der Waals surface area contributed by atoms with E-state index in [1.54, 1.807) is 0 Å². The standard InChI is InChI=1S/C16H20BrNO.ClH/c1-11(2)9-18-10-14-5-7-16(19-14)15-6-4-13(17)8-12(15)3;/h4-8,11,18H,9-10H2,1-3H3;1H. The molecule has 0 amide bonds. The van der Waals surface area contributed by atoms with Gasteiger partial charge in [0, 0.05) is 10.0 Å². The van der Waals surface area contributed by atoms with E-state index in [0.717, 1.165) is 34.6 Å². The molecule has 4 heteroatoms. The van der Waals surface area contributed by atoms with Crippen molar-refractivity contribution in [3.63, 3.8) is 0 Å². The summed E-state index contributed by atoms with van der Waals surface area (Å²) in [6, 6.07) is 10.3. The molecule has 0 bridgehead atoms. The molecule has 0 aliphatic carbocycles. The fourth-order valence-corrected chi connectivity index (χ4v) is 2.48. The highest BCUT2D eigenvalue weighted by atomic mass is 79.9. The van der Waals surface area contributed by atoms with Crippen LogP contribution in [0.5, 0.6) is 0 Å². The van der Waals surface area contributed by atoms with E-state index in [-0.39, 0.29) is 12.4 Å². The molecule has 20 heavy (non-hydrogen) atoms.